The fourth-order valence-electron chi connectivity index (χ4n) is 2.27. The summed E-state index contributed by atoms with van der Waals surface area (Å²) in [5, 5.41) is 0. The third kappa shape index (κ3) is 3.43. The summed E-state index contributed by atoms with van der Waals surface area (Å²) in [5.41, 5.74) is 5.48. The molecule has 128 valence electrons. The number of carbonyl (C=O) groups is 4. The maximum atomic E-state index is 12.3. The van der Waals surface area contributed by atoms with Crippen LogP contribution in [0.5, 0.6) is 0 Å². The first kappa shape index (κ1) is 17.6. The first-order valence-corrected chi connectivity index (χ1v) is 7.36. The Hall–Kier alpha value is -2.74. The third-order valence-electron chi connectivity index (χ3n) is 3.62. The summed E-state index contributed by atoms with van der Waals surface area (Å²) in [5.74, 6) is -2.44. The molecular weight excluding hydrogens is 316 g/mol. The van der Waals surface area contributed by atoms with Crippen molar-refractivity contribution in [3.63, 3.8) is 0 Å². The average molecular weight is 334 g/mol. The zero-order chi connectivity index (χ0) is 17.9. The van der Waals surface area contributed by atoms with Crippen molar-refractivity contribution in [2.45, 2.75) is 19.4 Å². The minimum absolute atomic E-state index is 0.0711. The van der Waals surface area contributed by atoms with Crippen LogP contribution in [0.25, 0.3) is 0 Å². The lowest BCUT2D eigenvalue weighted by Crippen LogP contribution is -2.31. The van der Waals surface area contributed by atoms with E-state index in [1.165, 1.54) is 32.2 Å². The first-order chi connectivity index (χ1) is 11.4. The van der Waals surface area contributed by atoms with E-state index in [0.717, 1.165) is 4.90 Å². The molecule has 1 aliphatic heterocycles. The van der Waals surface area contributed by atoms with Crippen molar-refractivity contribution < 1.29 is 28.7 Å². The Morgan fingerprint density at radius 2 is 1.88 bits per heavy atom. The van der Waals surface area contributed by atoms with Crippen molar-refractivity contribution in [2.24, 2.45) is 5.73 Å². The molecule has 0 aliphatic carbocycles. The van der Waals surface area contributed by atoms with Crippen molar-refractivity contribution in [1.29, 1.82) is 0 Å². The van der Waals surface area contributed by atoms with Gasteiger partial charge in [-0.25, -0.2) is 4.79 Å². The predicted octanol–water partition coefficient (Wildman–Crippen LogP) is 0.350. The number of nitrogens with zero attached hydrogens (tertiary/aromatic N) is 1. The molecule has 0 bridgehead atoms. The molecule has 0 spiro atoms. The summed E-state index contributed by atoms with van der Waals surface area (Å²) in [6.45, 7) is 2.01. The number of rotatable bonds is 7. The van der Waals surface area contributed by atoms with Gasteiger partial charge in [0.2, 0.25) is 0 Å². The Balaban J connectivity index is 2.18. The van der Waals surface area contributed by atoms with E-state index in [0.29, 0.717) is 13.0 Å². The number of benzene rings is 1. The molecule has 8 heteroatoms. The number of primary amides is 1. The van der Waals surface area contributed by atoms with Gasteiger partial charge in [0, 0.05) is 20.3 Å². The largest absolute Gasteiger partial charge is 0.449 e. The van der Waals surface area contributed by atoms with Gasteiger partial charge in [-0.05, 0) is 31.5 Å². The number of esters is 1. The van der Waals surface area contributed by atoms with Crippen molar-refractivity contribution in [1.82, 2.24) is 4.90 Å². The minimum atomic E-state index is -1.09. The van der Waals surface area contributed by atoms with E-state index in [2.05, 4.69) is 0 Å². The monoisotopic (exact) mass is 334 g/mol. The van der Waals surface area contributed by atoms with E-state index in [9.17, 15) is 19.2 Å². The molecule has 0 fully saturated rings. The molecule has 1 aromatic rings. The highest BCUT2D eigenvalue weighted by Crippen LogP contribution is 2.24. The molecule has 3 amide bonds. The highest BCUT2D eigenvalue weighted by Gasteiger charge is 2.35. The van der Waals surface area contributed by atoms with Gasteiger partial charge in [0.25, 0.3) is 17.7 Å². The summed E-state index contributed by atoms with van der Waals surface area (Å²) in [6.07, 6.45) is -0.568. The lowest BCUT2D eigenvalue weighted by Gasteiger charge is -2.12. The van der Waals surface area contributed by atoms with Crippen LogP contribution < -0.4 is 5.73 Å². The molecule has 8 nitrogen and oxygen atoms in total. The van der Waals surface area contributed by atoms with Gasteiger partial charge in [-0.1, -0.05) is 0 Å². The second-order valence-electron chi connectivity index (χ2n) is 5.32. The van der Waals surface area contributed by atoms with E-state index in [1.54, 1.807) is 0 Å². The van der Waals surface area contributed by atoms with Crippen LogP contribution in [0.4, 0.5) is 0 Å². The fourth-order valence-corrected chi connectivity index (χ4v) is 2.27. The molecule has 1 unspecified atom stereocenters. The normalized spacial score (nSPS) is 14.5. The molecule has 2 rings (SSSR count). The zero-order valence-corrected chi connectivity index (χ0v) is 13.4. The van der Waals surface area contributed by atoms with Crippen LogP contribution >= 0.6 is 0 Å². The zero-order valence-electron chi connectivity index (χ0n) is 13.4. The Labute approximate surface area is 138 Å². The minimum Gasteiger partial charge on any atom is -0.449 e. The van der Waals surface area contributed by atoms with E-state index < -0.39 is 29.8 Å². The Morgan fingerprint density at radius 3 is 2.50 bits per heavy atom. The second-order valence-corrected chi connectivity index (χ2v) is 5.32. The van der Waals surface area contributed by atoms with Gasteiger partial charge in [0.15, 0.2) is 6.10 Å². The number of fused-ring (bicyclic) bond motifs is 1. The summed E-state index contributed by atoms with van der Waals surface area (Å²) in [6, 6.07) is 4.07. The SMILES string of the molecule is COCCCN1C(=O)c2ccc(C(=O)OC(C)C(N)=O)cc2C1=O. The van der Waals surface area contributed by atoms with Crippen LogP contribution in [0.1, 0.15) is 44.4 Å². The molecule has 2 N–H and O–H groups in total. The smallest absolute Gasteiger partial charge is 0.338 e. The van der Waals surface area contributed by atoms with Gasteiger partial charge in [0.1, 0.15) is 0 Å². The van der Waals surface area contributed by atoms with Gasteiger partial charge in [0.05, 0.1) is 16.7 Å². The molecule has 0 aromatic heterocycles. The maximum Gasteiger partial charge on any atom is 0.338 e. The van der Waals surface area contributed by atoms with Crippen molar-refractivity contribution in [2.75, 3.05) is 20.3 Å². The number of hydrogen-bond donors (Lipinski definition) is 1. The number of carbonyl (C=O) groups excluding carboxylic acids is 4. The second kappa shape index (κ2) is 7.22. The molecule has 0 saturated carbocycles. The molecule has 0 radical (unpaired) electrons. The van der Waals surface area contributed by atoms with Crippen molar-refractivity contribution in [3.8, 4) is 0 Å². The van der Waals surface area contributed by atoms with Crippen LogP contribution in [-0.2, 0) is 14.3 Å². The number of methoxy groups -OCH3 is 1. The van der Waals surface area contributed by atoms with Crippen LogP contribution in [0.2, 0.25) is 0 Å². The summed E-state index contributed by atoms with van der Waals surface area (Å²) < 4.78 is 9.79. The van der Waals surface area contributed by atoms with Crippen LogP contribution in [0, 0.1) is 0 Å². The lowest BCUT2D eigenvalue weighted by molar-refractivity contribution is -0.125. The quantitative estimate of drug-likeness (QED) is 0.437. The van der Waals surface area contributed by atoms with Gasteiger partial charge >= 0.3 is 5.97 Å². The van der Waals surface area contributed by atoms with Gasteiger partial charge < -0.3 is 15.2 Å². The van der Waals surface area contributed by atoms with Crippen molar-refractivity contribution >= 4 is 23.7 Å². The summed E-state index contributed by atoms with van der Waals surface area (Å²) >= 11 is 0. The molecular formula is C16H18N2O6. The van der Waals surface area contributed by atoms with E-state index in [4.69, 9.17) is 15.2 Å². The van der Waals surface area contributed by atoms with Crippen LogP contribution in [-0.4, -0.2) is 55.0 Å². The predicted molar refractivity (Wildman–Crippen MR) is 82.4 cm³/mol. The maximum absolute atomic E-state index is 12.3. The van der Waals surface area contributed by atoms with E-state index >= 15 is 0 Å². The summed E-state index contributed by atoms with van der Waals surface area (Å²) in [7, 11) is 1.54. The Morgan fingerprint density at radius 1 is 1.21 bits per heavy atom. The van der Waals surface area contributed by atoms with Gasteiger partial charge in [-0.15, -0.1) is 0 Å². The first-order valence-electron chi connectivity index (χ1n) is 7.36. The number of nitrogens with two attached hydrogens (primary N) is 1. The standard InChI is InChI=1S/C16H18N2O6/c1-9(13(17)19)24-16(22)10-4-5-11-12(8-10)15(21)18(14(11)20)6-3-7-23-2/h4-5,8-9H,3,6-7H2,1-2H3,(H2,17,19). The molecule has 0 saturated heterocycles. The topological polar surface area (TPSA) is 116 Å². The average Bonchev–Trinajstić information content (AvgIpc) is 2.79. The fraction of sp³-hybridized carbons (Fsp3) is 0.375. The molecule has 24 heavy (non-hydrogen) atoms. The Kier molecular flexibility index (Phi) is 5.30. The number of hydrogen-bond acceptors (Lipinski definition) is 6. The number of amides is 3. The van der Waals surface area contributed by atoms with Crippen molar-refractivity contribution in [3.05, 3.63) is 34.9 Å². The van der Waals surface area contributed by atoms with Gasteiger partial charge in [-0.2, -0.15) is 0 Å². The molecule has 1 atom stereocenters. The van der Waals surface area contributed by atoms with Crippen LogP contribution in [0.15, 0.2) is 18.2 Å². The lowest BCUT2D eigenvalue weighted by atomic mass is 10.1. The van der Waals surface area contributed by atoms with Crippen LogP contribution in [0.3, 0.4) is 0 Å². The van der Waals surface area contributed by atoms with E-state index in [1.807, 2.05) is 0 Å². The van der Waals surface area contributed by atoms with Gasteiger partial charge in [-0.3, -0.25) is 19.3 Å². The summed E-state index contributed by atoms with van der Waals surface area (Å²) in [4.78, 5) is 48.6. The highest BCUT2D eigenvalue weighted by molar-refractivity contribution is 6.21. The molecule has 1 aromatic carbocycles. The number of imide groups is 1. The Bertz CT molecular complexity index is 700. The molecule has 1 heterocycles. The number of ether oxygens (including phenoxy) is 2. The highest BCUT2D eigenvalue weighted by atomic mass is 16.5. The van der Waals surface area contributed by atoms with E-state index in [-0.39, 0.29) is 23.2 Å². The third-order valence-corrected chi connectivity index (χ3v) is 3.62. The molecule has 1 aliphatic rings.